The number of sulfonamides is 1. The van der Waals surface area contributed by atoms with Crippen molar-refractivity contribution in [3.63, 3.8) is 0 Å². The van der Waals surface area contributed by atoms with Crippen LogP contribution < -0.4 is 19.1 Å². The van der Waals surface area contributed by atoms with Crippen LogP contribution in [-0.4, -0.2) is 47.4 Å². The van der Waals surface area contributed by atoms with Crippen LogP contribution in [0.3, 0.4) is 0 Å². The molecule has 1 amide bonds. The minimum Gasteiger partial charge on any atom is -0.493 e. The fraction of sp³-hybridized carbons (Fsp3) is 0.350. The maximum absolute atomic E-state index is 12.1. The van der Waals surface area contributed by atoms with Crippen molar-refractivity contribution < 1.29 is 22.7 Å². The molecule has 0 bridgehead atoms. The molecule has 1 N–H and O–H groups in total. The normalized spacial score (nSPS) is 11.0. The van der Waals surface area contributed by atoms with Crippen LogP contribution in [0.2, 0.25) is 5.02 Å². The average Bonchev–Trinajstić information content (AvgIpc) is 2.69. The van der Waals surface area contributed by atoms with Crippen LogP contribution in [0.4, 0.5) is 5.69 Å². The highest BCUT2D eigenvalue weighted by Crippen LogP contribution is 2.27. The first-order chi connectivity index (χ1) is 13.8. The molecular formula is C20H25ClN2O5S. The zero-order valence-electron chi connectivity index (χ0n) is 16.4. The third kappa shape index (κ3) is 7.14. The maximum atomic E-state index is 12.1. The van der Waals surface area contributed by atoms with E-state index in [0.29, 0.717) is 41.8 Å². The summed E-state index contributed by atoms with van der Waals surface area (Å²) in [6.45, 7) is 0.784. The molecule has 158 valence electrons. The molecule has 2 rings (SSSR count). The summed E-state index contributed by atoms with van der Waals surface area (Å²) in [4.78, 5) is 12.0. The molecule has 0 atom stereocenters. The van der Waals surface area contributed by atoms with Gasteiger partial charge in [0.1, 0.15) is 6.61 Å². The van der Waals surface area contributed by atoms with E-state index in [4.69, 9.17) is 21.1 Å². The van der Waals surface area contributed by atoms with Gasteiger partial charge in [-0.05, 0) is 30.7 Å². The Balaban J connectivity index is 1.77. The van der Waals surface area contributed by atoms with Crippen LogP contribution in [0.5, 0.6) is 11.5 Å². The number of carbonyl (C=O) groups excluding carboxylic acids is 1. The number of halogens is 1. The number of anilines is 1. The van der Waals surface area contributed by atoms with Gasteiger partial charge in [0.05, 0.1) is 30.6 Å². The van der Waals surface area contributed by atoms with Gasteiger partial charge < -0.3 is 14.8 Å². The van der Waals surface area contributed by atoms with Gasteiger partial charge in [-0.3, -0.25) is 9.10 Å². The van der Waals surface area contributed by atoms with E-state index >= 15 is 0 Å². The summed E-state index contributed by atoms with van der Waals surface area (Å²) in [5.74, 6) is 1.05. The Kier molecular flexibility index (Phi) is 8.60. The molecule has 0 saturated heterocycles. The van der Waals surface area contributed by atoms with Gasteiger partial charge in [0, 0.05) is 13.0 Å². The zero-order chi connectivity index (χ0) is 21.3. The van der Waals surface area contributed by atoms with E-state index in [1.165, 1.54) is 4.31 Å². The lowest BCUT2D eigenvalue weighted by Crippen LogP contribution is -2.33. The van der Waals surface area contributed by atoms with Crippen LogP contribution in [0.25, 0.3) is 0 Å². The fourth-order valence-corrected chi connectivity index (χ4v) is 3.95. The number of nitrogens with zero attached hydrogens (tertiary/aromatic N) is 1. The van der Waals surface area contributed by atoms with Crippen LogP contribution >= 0.6 is 11.6 Å². The SMILES string of the molecule is COc1ccccc1OCCNC(=O)CCCN(c1ccccc1Cl)S(C)(=O)=O. The number of ether oxygens (including phenoxy) is 2. The molecule has 0 aromatic heterocycles. The molecule has 0 unspecified atom stereocenters. The van der Waals surface area contributed by atoms with E-state index in [0.717, 1.165) is 6.26 Å². The fourth-order valence-electron chi connectivity index (χ4n) is 2.68. The number of hydrogen-bond acceptors (Lipinski definition) is 5. The van der Waals surface area contributed by atoms with Gasteiger partial charge in [0.2, 0.25) is 15.9 Å². The second-order valence-electron chi connectivity index (χ2n) is 6.24. The Hall–Kier alpha value is -2.45. The van der Waals surface area contributed by atoms with E-state index < -0.39 is 10.0 Å². The van der Waals surface area contributed by atoms with Crippen LogP contribution in [0, 0.1) is 0 Å². The van der Waals surface area contributed by atoms with Gasteiger partial charge in [-0.1, -0.05) is 35.9 Å². The summed E-state index contributed by atoms with van der Waals surface area (Å²) in [5, 5.41) is 3.10. The molecule has 29 heavy (non-hydrogen) atoms. The van der Waals surface area contributed by atoms with Crippen molar-refractivity contribution in [1.29, 1.82) is 0 Å². The van der Waals surface area contributed by atoms with E-state index in [9.17, 15) is 13.2 Å². The van der Waals surface area contributed by atoms with Crippen molar-refractivity contribution in [3.8, 4) is 11.5 Å². The van der Waals surface area contributed by atoms with Crippen molar-refractivity contribution >= 4 is 33.2 Å². The number of nitrogens with one attached hydrogen (secondary N) is 1. The van der Waals surface area contributed by atoms with Gasteiger partial charge in [0.15, 0.2) is 11.5 Å². The Morgan fingerprint density at radius 3 is 2.41 bits per heavy atom. The summed E-state index contributed by atoms with van der Waals surface area (Å²) in [6.07, 6.45) is 1.66. The standard InChI is InChI=1S/C20H25ClN2O5S/c1-27-18-10-5-6-11-19(18)28-15-13-22-20(24)12-7-14-23(29(2,25)26)17-9-4-3-8-16(17)21/h3-6,8-11H,7,12-15H2,1-2H3,(H,22,24). The van der Waals surface area contributed by atoms with Crippen molar-refractivity contribution in [2.75, 3.05) is 37.4 Å². The number of rotatable bonds is 11. The molecule has 0 aliphatic heterocycles. The zero-order valence-corrected chi connectivity index (χ0v) is 18.0. The summed E-state index contributed by atoms with van der Waals surface area (Å²) >= 11 is 6.11. The number of methoxy groups -OCH3 is 1. The first kappa shape index (κ1) is 22.8. The lowest BCUT2D eigenvalue weighted by atomic mass is 10.2. The minimum absolute atomic E-state index is 0.160. The van der Waals surface area contributed by atoms with Gasteiger partial charge in [-0.25, -0.2) is 8.42 Å². The van der Waals surface area contributed by atoms with Gasteiger partial charge >= 0.3 is 0 Å². The van der Waals surface area contributed by atoms with Crippen molar-refractivity contribution in [2.24, 2.45) is 0 Å². The number of benzene rings is 2. The molecular weight excluding hydrogens is 416 g/mol. The Bertz CT molecular complexity index is 921. The second-order valence-corrected chi connectivity index (χ2v) is 8.55. The number of hydrogen-bond donors (Lipinski definition) is 1. The predicted octanol–water partition coefficient (Wildman–Crippen LogP) is 3.09. The lowest BCUT2D eigenvalue weighted by Gasteiger charge is -2.23. The monoisotopic (exact) mass is 440 g/mol. The Morgan fingerprint density at radius 1 is 1.10 bits per heavy atom. The molecule has 2 aromatic rings. The third-order valence-corrected chi connectivity index (χ3v) is 5.54. The molecule has 0 saturated carbocycles. The maximum Gasteiger partial charge on any atom is 0.232 e. The first-order valence-electron chi connectivity index (χ1n) is 9.07. The summed E-state index contributed by atoms with van der Waals surface area (Å²) < 4.78 is 36.2. The number of carbonyl (C=O) groups is 1. The van der Waals surface area contributed by atoms with Crippen LogP contribution in [0.1, 0.15) is 12.8 Å². The summed E-state index contributed by atoms with van der Waals surface area (Å²) in [7, 11) is -1.95. The van der Waals surface area contributed by atoms with Crippen molar-refractivity contribution in [3.05, 3.63) is 53.6 Å². The Morgan fingerprint density at radius 2 is 1.76 bits per heavy atom. The summed E-state index contributed by atoms with van der Waals surface area (Å²) in [6, 6.07) is 14.0. The molecule has 2 aromatic carbocycles. The van der Waals surface area contributed by atoms with Gasteiger partial charge in [-0.2, -0.15) is 0 Å². The Labute approximate surface area is 176 Å². The van der Waals surface area contributed by atoms with Gasteiger partial charge in [0.25, 0.3) is 0 Å². The van der Waals surface area contributed by atoms with Crippen LogP contribution in [0.15, 0.2) is 48.5 Å². The number of amides is 1. The molecule has 0 radical (unpaired) electrons. The van der Waals surface area contributed by atoms with Gasteiger partial charge in [-0.15, -0.1) is 0 Å². The van der Waals surface area contributed by atoms with E-state index in [-0.39, 0.29) is 18.9 Å². The molecule has 9 heteroatoms. The third-order valence-electron chi connectivity index (χ3n) is 4.04. The highest BCUT2D eigenvalue weighted by atomic mass is 35.5. The smallest absolute Gasteiger partial charge is 0.232 e. The molecule has 0 heterocycles. The van der Waals surface area contributed by atoms with E-state index in [1.807, 2.05) is 12.1 Å². The molecule has 0 fully saturated rings. The van der Waals surface area contributed by atoms with E-state index in [2.05, 4.69) is 5.32 Å². The highest BCUT2D eigenvalue weighted by Gasteiger charge is 2.19. The largest absolute Gasteiger partial charge is 0.493 e. The van der Waals surface area contributed by atoms with Crippen molar-refractivity contribution in [1.82, 2.24) is 5.32 Å². The van der Waals surface area contributed by atoms with Crippen LogP contribution in [-0.2, 0) is 14.8 Å². The molecule has 0 aliphatic rings. The molecule has 0 spiro atoms. The minimum atomic E-state index is -3.51. The first-order valence-corrected chi connectivity index (χ1v) is 11.3. The topological polar surface area (TPSA) is 84.9 Å². The lowest BCUT2D eigenvalue weighted by molar-refractivity contribution is -0.121. The van der Waals surface area contributed by atoms with E-state index in [1.54, 1.807) is 43.5 Å². The second kappa shape index (κ2) is 10.9. The number of para-hydroxylation sites is 3. The predicted molar refractivity (Wildman–Crippen MR) is 114 cm³/mol. The highest BCUT2D eigenvalue weighted by molar-refractivity contribution is 7.92. The average molecular weight is 441 g/mol. The molecule has 0 aliphatic carbocycles. The van der Waals surface area contributed by atoms with Crippen molar-refractivity contribution in [2.45, 2.75) is 12.8 Å². The molecule has 7 nitrogen and oxygen atoms in total. The quantitative estimate of drug-likeness (QED) is 0.543. The summed E-state index contributed by atoms with van der Waals surface area (Å²) in [5.41, 5.74) is 0.405.